The molecule has 2 fully saturated rings. The second-order valence-electron chi connectivity index (χ2n) is 11.7. The highest BCUT2D eigenvalue weighted by Crippen LogP contribution is 2.39. The van der Waals surface area contributed by atoms with Gasteiger partial charge in [0.2, 0.25) is 5.96 Å². The van der Waals surface area contributed by atoms with Crippen LogP contribution in [0.4, 0.5) is 15.3 Å². The minimum absolute atomic E-state index is 0.165. The summed E-state index contributed by atoms with van der Waals surface area (Å²) in [6, 6.07) is 3.78. The third-order valence-corrected chi connectivity index (χ3v) is 7.62. The summed E-state index contributed by atoms with van der Waals surface area (Å²) >= 11 is 0. The molecule has 4 heterocycles. The number of rotatable bonds is 3. The lowest BCUT2D eigenvalue weighted by molar-refractivity contribution is -0.126. The summed E-state index contributed by atoms with van der Waals surface area (Å²) in [6.45, 7) is 10.4. The van der Waals surface area contributed by atoms with Crippen molar-refractivity contribution in [3.8, 4) is 11.8 Å². The van der Waals surface area contributed by atoms with E-state index in [0.29, 0.717) is 30.3 Å². The number of benzene rings is 1. The Hall–Kier alpha value is -4.40. The molecule has 2 unspecified atom stereocenters. The van der Waals surface area contributed by atoms with Crippen LogP contribution in [-0.4, -0.2) is 98.7 Å². The number of nitrogens with one attached hydrogen (secondary N) is 1. The predicted molar refractivity (Wildman–Crippen MR) is 154 cm³/mol. The number of hydrogen-bond acceptors (Lipinski definition) is 9. The van der Waals surface area contributed by atoms with Crippen LogP contribution in [0.5, 0.6) is 0 Å². The number of ether oxygens (including phenoxy) is 1. The van der Waals surface area contributed by atoms with Gasteiger partial charge in [0.1, 0.15) is 11.9 Å². The lowest BCUT2D eigenvalue weighted by atomic mass is 9.96. The molecule has 0 radical (unpaired) electrons. The number of piperidine rings is 1. The van der Waals surface area contributed by atoms with E-state index >= 15 is 0 Å². The van der Waals surface area contributed by atoms with Crippen molar-refractivity contribution >= 4 is 40.6 Å². The number of fused-ring (bicyclic) bond motifs is 2. The van der Waals surface area contributed by atoms with Crippen LogP contribution >= 0.6 is 0 Å². The van der Waals surface area contributed by atoms with Crippen molar-refractivity contribution < 1.29 is 19.1 Å². The zero-order valence-electron chi connectivity index (χ0n) is 24.3. The van der Waals surface area contributed by atoms with Crippen LogP contribution in [-0.2, 0) is 9.53 Å². The van der Waals surface area contributed by atoms with Gasteiger partial charge in [-0.3, -0.25) is 9.69 Å². The molecule has 3 aliphatic heterocycles. The van der Waals surface area contributed by atoms with Gasteiger partial charge >= 0.3 is 12.1 Å². The van der Waals surface area contributed by atoms with Gasteiger partial charge in [-0.25, -0.2) is 29.4 Å². The molecule has 1 aromatic carbocycles. The number of carbonyl (C=O) groups excluding carboxylic acids is 3. The van der Waals surface area contributed by atoms with Crippen LogP contribution in [0.3, 0.4) is 0 Å². The molecule has 1 aromatic heterocycles. The summed E-state index contributed by atoms with van der Waals surface area (Å²) in [7, 11) is 1.66. The summed E-state index contributed by atoms with van der Waals surface area (Å²) < 4.78 is 5.46. The Labute approximate surface area is 239 Å². The fourth-order valence-electron chi connectivity index (χ4n) is 5.60. The largest absolute Gasteiger partial charge is 0.444 e. The number of imide groups is 1. The number of urea groups is 1. The Kier molecular flexibility index (Phi) is 7.23. The molecule has 0 saturated carbocycles. The number of nitrogens with zero attached hydrogens (tertiary/aromatic N) is 7. The molecular formula is C29H36N8O4. The van der Waals surface area contributed by atoms with E-state index in [1.54, 1.807) is 45.3 Å². The molecule has 1 N–H and O–H groups in total. The number of carbonyl (C=O) groups is 3. The van der Waals surface area contributed by atoms with Gasteiger partial charge in [-0.15, -0.1) is 5.92 Å². The topological polar surface area (TPSA) is 124 Å². The number of amides is 4. The van der Waals surface area contributed by atoms with Gasteiger partial charge in [-0.2, -0.15) is 0 Å². The average Bonchev–Trinajstić information content (AvgIpc) is 3.23. The van der Waals surface area contributed by atoms with E-state index in [0.717, 1.165) is 18.2 Å². The van der Waals surface area contributed by atoms with Crippen molar-refractivity contribution in [2.24, 2.45) is 4.99 Å². The van der Waals surface area contributed by atoms with Crippen molar-refractivity contribution in [2.75, 3.05) is 31.6 Å². The molecule has 12 nitrogen and oxygen atoms in total. The van der Waals surface area contributed by atoms with Crippen LogP contribution in [0.2, 0.25) is 0 Å². The van der Waals surface area contributed by atoms with Gasteiger partial charge in [-0.05, 0) is 65.7 Å². The standard InChI is InChI=1S/C29H36N8O4/c1-7-8-14-36-23-24(38)37(21-11-12-22-19(15-21)16-30-18-31-22)27(40)34(6)29(23,5)33-25(36)35-13-9-10-20(17-35)32-26(39)41-28(2,3)4/h11-12,15-16,18,20,23H,9-10,13-14,17H2,1-6H3,(H,32,39)/t20-,23?,29?/m1/s1. The second kappa shape index (κ2) is 10.5. The lowest BCUT2D eigenvalue weighted by Gasteiger charge is -2.47. The molecule has 0 aliphatic carbocycles. The quantitative estimate of drug-likeness (QED) is 0.569. The molecule has 4 amide bonds. The van der Waals surface area contributed by atoms with Crippen molar-refractivity contribution in [3.63, 3.8) is 0 Å². The zero-order chi connectivity index (χ0) is 29.5. The first kappa shape index (κ1) is 28.1. The van der Waals surface area contributed by atoms with Gasteiger partial charge in [0.25, 0.3) is 5.91 Å². The first-order valence-corrected chi connectivity index (χ1v) is 13.7. The van der Waals surface area contributed by atoms with Crippen molar-refractivity contribution in [1.29, 1.82) is 0 Å². The van der Waals surface area contributed by atoms with Crippen molar-refractivity contribution in [3.05, 3.63) is 30.7 Å². The molecular weight excluding hydrogens is 524 g/mol. The normalized spacial score (nSPS) is 24.6. The van der Waals surface area contributed by atoms with Gasteiger partial charge in [-0.1, -0.05) is 5.92 Å². The number of alkyl carbamates (subject to hydrolysis) is 1. The molecule has 2 aromatic rings. The maximum atomic E-state index is 14.2. The Balaban J connectivity index is 1.46. The van der Waals surface area contributed by atoms with Gasteiger partial charge in [0.15, 0.2) is 11.7 Å². The SMILES string of the molecule is CC#CCN1C(N2CCC[C@@H](NC(=O)OC(C)(C)C)C2)=NC2(C)C1C(=O)N(c1ccc3ncncc3c1)C(=O)N2C. The van der Waals surface area contributed by atoms with E-state index in [1.807, 2.05) is 25.7 Å². The highest BCUT2D eigenvalue weighted by Gasteiger charge is 2.60. The van der Waals surface area contributed by atoms with E-state index in [4.69, 9.17) is 9.73 Å². The van der Waals surface area contributed by atoms with Gasteiger partial charge in [0.05, 0.1) is 17.7 Å². The Bertz CT molecular complexity index is 1470. The third kappa shape index (κ3) is 5.24. The number of likely N-dealkylation sites (tertiary alicyclic amines) is 1. The molecule has 5 rings (SSSR count). The summed E-state index contributed by atoms with van der Waals surface area (Å²) in [5.74, 6) is 6.21. The minimum Gasteiger partial charge on any atom is -0.444 e. The van der Waals surface area contributed by atoms with Crippen LogP contribution in [0.1, 0.15) is 47.5 Å². The Morgan fingerprint density at radius 1 is 1.27 bits per heavy atom. The predicted octanol–water partition coefficient (Wildman–Crippen LogP) is 2.80. The highest BCUT2D eigenvalue weighted by atomic mass is 16.6. The molecule has 3 atom stereocenters. The number of aliphatic imine (C=N–C) groups is 1. The number of guanidine groups is 1. The average molecular weight is 561 g/mol. The van der Waals surface area contributed by atoms with E-state index in [9.17, 15) is 14.4 Å². The Morgan fingerprint density at radius 3 is 2.78 bits per heavy atom. The van der Waals surface area contributed by atoms with Crippen LogP contribution in [0.15, 0.2) is 35.7 Å². The molecule has 2 saturated heterocycles. The van der Waals surface area contributed by atoms with Crippen molar-refractivity contribution in [1.82, 2.24) is 30.0 Å². The summed E-state index contributed by atoms with van der Waals surface area (Å²) in [6.07, 6.45) is 4.23. The van der Waals surface area contributed by atoms with E-state index in [2.05, 4.69) is 32.0 Å². The second-order valence-corrected chi connectivity index (χ2v) is 11.7. The van der Waals surface area contributed by atoms with E-state index in [-0.39, 0.29) is 18.5 Å². The number of aromatic nitrogens is 2. The summed E-state index contributed by atoms with van der Waals surface area (Å²) in [4.78, 5) is 60.5. The molecule has 0 spiro atoms. The lowest BCUT2D eigenvalue weighted by Crippen LogP contribution is -2.71. The van der Waals surface area contributed by atoms with Crippen LogP contribution in [0.25, 0.3) is 10.9 Å². The Morgan fingerprint density at radius 2 is 2.05 bits per heavy atom. The van der Waals surface area contributed by atoms with Crippen LogP contribution < -0.4 is 10.2 Å². The number of hydrogen-bond donors (Lipinski definition) is 1. The minimum atomic E-state index is -1.15. The van der Waals surface area contributed by atoms with Crippen molar-refractivity contribution in [2.45, 2.75) is 70.8 Å². The smallest absolute Gasteiger partial charge is 0.407 e. The molecule has 41 heavy (non-hydrogen) atoms. The number of anilines is 1. The van der Waals surface area contributed by atoms with Crippen LogP contribution in [0, 0.1) is 11.8 Å². The maximum absolute atomic E-state index is 14.2. The van der Waals surface area contributed by atoms with E-state index < -0.39 is 29.4 Å². The van der Waals surface area contributed by atoms with Gasteiger partial charge < -0.3 is 19.9 Å². The summed E-state index contributed by atoms with van der Waals surface area (Å²) in [5, 5.41) is 3.69. The zero-order valence-corrected chi connectivity index (χ0v) is 24.3. The first-order valence-electron chi connectivity index (χ1n) is 13.7. The molecule has 216 valence electrons. The van der Waals surface area contributed by atoms with E-state index in [1.165, 1.54) is 16.1 Å². The van der Waals surface area contributed by atoms with Gasteiger partial charge in [0, 0.05) is 37.8 Å². The molecule has 3 aliphatic rings. The third-order valence-electron chi connectivity index (χ3n) is 7.62. The monoisotopic (exact) mass is 560 g/mol. The summed E-state index contributed by atoms with van der Waals surface area (Å²) in [5.41, 5.74) is -0.605. The maximum Gasteiger partial charge on any atom is 0.407 e. The fraction of sp³-hybridized carbons (Fsp3) is 0.517. The fourth-order valence-corrected chi connectivity index (χ4v) is 5.60. The molecule has 12 heteroatoms. The first-order chi connectivity index (χ1) is 19.4. The molecule has 0 bridgehead atoms. The highest BCUT2D eigenvalue weighted by molar-refractivity contribution is 6.20. The number of likely N-dealkylation sites (N-methyl/N-ethyl adjacent to an activating group) is 1.